The Kier molecular flexibility index (Phi) is 6.80. The standard InChI is InChI=1S/C33H52O9/c1-17-8-10-23-19(3)25(35-28-32(23)21(17)12-14-30(5,37-28)39-41-32)16-26(34-7)27-20(4)24-11-9-18(2)22-13-15-31(6)38-29(36-27)33(22,24)42-40-31/h17-29H,8-16H2,1-7H3/t17-,18-,19-,20-,21+,22+,23+,24+,25-,26+,27?,28-,29-,30+,31+,32?,33?/m1/s1. The molecule has 0 aromatic heterocycles. The molecule has 10 aliphatic rings. The zero-order valence-corrected chi connectivity index (χ0v) is 26.5. The highest BCUT2D eigenvalue weighted by Crippen LogP contribution is 2.63. The normalized spacial score (nSPS) is 60.6. The highest BCUT2D eigenvalue weighted by atomic mass is 17.3. The predicted molar refractivity (Wildman–Crippen MR) is 149 cm³/mol. The summed E-state index contributed by atoms with van der Waals surface area (Å²) in [5.41, 5.74) is -1.13. The second-order valence-electron chi connectivity index (χ2n) is 15.8. The van der Waals surface area contributed by atoms with Crippen molar-refractivity contribution in [1.29, 1.82) is 0 Å². The molecule has 17 atom stereocenters. The van der Waals surface area contributed by atoms with Gasteiger partial charge in [-0.15, -0.1) is 0 Å². The van der Waals surface area contributed by atoms with Gasteiger partial charge >= 0.3 is 0 Å². The molecule has 8 aliphatic heterocycles. The maximum atomic E-state index is 6.99. The first-order valence-corrected chi connectivity index (χ1v) is 17.0. The second-order valence-corrected chi connectivity index (χ2v) is 15.8. The van der Waals surface area contributed by atoms with Crippen LogP contribution in [0.15, 0.2) is 0 Å². The third-order valence-corrected chi connectivity index (χ3v) is 13.6. The first-order valence-electron chi connectivity index (χ1n) is 17.0. The summed E-state index contributed by atoms with van der Waals surface area (Å²) in [4.78, 5) is 24.8. The molecule has 3 unspecified atom stereocenters. The van der Waals surface area contributed by atoms with E-state index < -0.39 is 35.4 Å². The predicted octanol–water partition coefficient (Wildman–Crippen LogP) is 5.89. The van der Waals surface area contributed by atoms with Crippen LogP contribution in [0.2, 0.25) is 0 Å². The Morgan fingerprint density at radius 2 is 1.17 bits per heavy atom. The average molecular weight is 593 g/mol. The van der Waals surface area contributed by atoms with Gasteiger partial charge in [-0.25, -0.2) is 19.6 Å². The summed E-state index contributed by atoms with van der Waals surface area (Å²) >= 11 is 0. The van der Waals surface area contributed by atoms with Crippen LogP contribution in [-0.2, 0) is 43.2 Å². The van der Waals surface area contributed by atoms with Gasteiger partial charge in [0, 0.05) is 38.2 Å². The summed E-state index contributed by atoms with van der Waals surface area (Å²) in [6.07, 6.45) is 7.67. The van der Waals surface area contributed by atoms with Crippen molar-refractivity contribution in [3.05, 3.63) is 0 Å². The molecule has 2 saturated carbocycles. The molecule has 8 saturated heterocycles. The molecule has 9 heteroatoms. The maximum Gasteiger partial charge on any atom is 0.201 e. The Morgan fingerprint density at radius 1 is 0.643 bits per heavy atom. The van der Waals surface area contributed by atoms with Crippen LogP contribution < -0.4 is 0 Å². The molecule has 2 aliphatic carbocycles. The third-order valence-electron chi connectivity index (χ3n) is 13.6. The molecular weight excluding hydrogens is 540 g/mol. The summed E-state index contributed by atoms with van der Waals surface area (Å²) in [5, 5.41) is 0. The van der Waals surface area contributed by atoms with E-state index in [1.807, 2.05) is 21.0 Å². The van der Waals surface area contributed by atoms with Gasteiger partial charge in [0.25, 0.3) is 0 Å². The van der Waals surface area contributed by atoms with Gasteiger partial charge in [-0.2, -0.15) is 0 Å². The van der Waals surface area contributed by atoms with E-state index in [4.69, 9.17) is 43.2 Å². The fraction of sp³-hybridized carbons (Fsp3) is 1.00. The minimum Gasteiger partial charge on any atom is -0.379 e. The SMILES string of the molecule is CO[C@@H](C[C@H]1O[C@@H]2O[C@]3(C)CC[C@H]4[C@H](C)CC[C@@H]([C@H]1C)C24OO3)C1O[C@@H]2O[C@]3(C)CC[C@H]4[C@H](C)CC[C@@H]([C@H]1C)C24OO3. The number of hydrogen-bond donors (Lipinski definition) is 0. The van der Waals surface area contributed by atoms with E-state index in [0.29, 0.717) is 29.6 Å². The largest absolute Gasteiger partial charge is 0.379 e. The van der Waals surface area contributed by atoms with E-state index >= 15 is 0 Å². The van der Waals surface area contributed by atoms with Crippen molar-refractivity contribution in [3.63, 3.8) is 0 Å². The molecule has 0 radical (unpaired) electrons. The molecule has 0 aromatic carbocycles. The van der Waals surface area contributed by atoms with Crippen LogP contribution in [0.1, 0.15) is 99.3 Å². The Labute approximate surface area is 250 Å². The Hall–Kier alpha value is -0.360. The molecule has 9 nitrogen and oxygen atoms in total. The van der Waals surface area contributed by atoms with Gasteiger partial charge in [0.2, 0.25) is 11.6 Å². The quantitative estimate of drug-likeness (QED) is 0.371. The van der Waals surface area contributed by atoms with Gasteiger partial charge in [0.15, 0.2) is 23.8 Å². The molecular formula is C33H52O9. The maximum absolute atomic E-state index is 6.99. The molecule has 2 spiro atoms. The molecule has 238 valence electrons. The van der Waals surface area contributed by atoms with Crippen LogP contribution in [0, 0.1) is 47.3 Å². The Bertz CT molecular complexity index is 1060. The second kappa shape index (κ2) is 9.82. The number of fused-ring (bicyclic) bond motifs is 4. The monoisotopic (exact) mass is 592 g/mol. The van der Waals surface area contributed by atoms with Gasteiger partial charge in [0.1, 0.15) is 0 Å². The number of rotatable bonds is 4. The Morgan fingerprint density at radius 3 is 1.71 bits per heavy atom. The van der Waals surface area contributed by atoms with Crippen LogP contribution in [-0.4, -0.2) is 60.8 Å². The van der Waals surface area contributed by atoms with Crippen molar-refractivity contribution < 1.29 is 43.2 Å². The number of hydrogen-bond acceptors (Lipinski definition) is 9. The zero-order chi connectivity index (χ0) is 29.2. The van der Waals surface area contributed by atoms with Crippen LogP contribution >= 0.6 is 0 Å². The minimum absolute atomic E-state index is 0.0504. The molecule has 0 aromatic rings. The molecule has 10 rings (SSSR count). The van der Waals surface area contributed by atoms with Gasteiger partial charge in [-0.1, -0.05) is 27.7 Å². The van der Waals surface area contributed by atoms with Crippen LogP contribution in [0.4, 0.5) is 0 Å². The summed E-state index contributed by atoms with van der Waals surface area (Å²) in [6.45, 7) is 13.3. The van der Waals surface area contributed by atoms with Crippen LogP contribution in [0.5, 0.6) is 0 Å². The van der Waals surface area contributed by atoms with E-state index in [1.165, 1.54) is 12.8 Å². The van der Waals surface area contributed by atoms with Crippen molar-refractivity contribution in [3.8, 4) is 0 Å². The number of ether oxygens (including phenoxy) is 5. The van der Waals surface area contributed by atoms with Gasteiger partial charge in [-0.05, 0) is 87.9 Å². The van der Waals surface area contributed by atoms with E-state index in [1.54, 1.807) is 0 Å². The summed E-state index contributed by atoms with van der Waals surface area (Å²) < 4.78 is 33.6. The Balaban J connectivity index is 1.08. The lowest BCUT2D eigenvalue weighted by Crippen LogP contribution is -2.72. The highest BCUT2D eigenvalue weighted by Gasteiger charge is 2.71. The molecule has 8 heterocycles. The topological polar surface area (TPSA) is 83.1 Å². The fourth-order valence-corrected chi connectivity index (χ4v) is 11.2. The van der Waals surface area contributed by atoms with Crippen molar-refractivity contribution in [2.75, 3.05) is 7.11 Å². The van der Waals surface area contributed by atoms with Crippen molar-refractivity contribution in [2.45, 2.75) is 153 Å². The van der Waals surface area contributed by atoms with E-state index in [0.717, 1.165) is 44.9 Å². The molecule has 0 N–H and O–H groups in total. The lowest BCUT2D eigenvalue weighted by atomic mass is 9.56. The highest BCUT2D eigenvalue weighted by molar-refractivity contribution is 5.12. The first-order chi connectivity index (χ1) is 20.0. The summed E-state index contributed by atoms with van der Waals surface area (Å²) in [7, 11) is 1.81. The van der Waals surface area contributed by atoms with Gasteiger partial charge in [-0.3, -0.25) is 0 Å². The molecule has 4 bridgehead atoms. The zero-order valence-electron chi connectivity index (χ0n) is 26.5. The lowest BCUT2D eigenvalue weighted by molar-refractivity contribution is -0.574. The van der Waals surface area contributed by atoms with Crippen molar-refractivity contribution in [2.24, 2.45) is 47.3 Å². The molecule has 0 amide bonds. The summed E-state index contributed by atoms with van der Waals surface area (Å²) in [6, 6.07) is 0. The van der Waals surface area contributed by atoms with E-state index in [9.17, 15) is 0 Å². The van der Waals surface area contributed by atoms with Crippen molar-refractivity contribution >= 4 is 0 Å². The third kappa shape index (κ3) is 3.87. The van der Waals surface area contributed by atoms with Gasteiger partial charge in [0.05, 0.1) is 18.3 Å². The van der Waals surface area contributed by atoms with Crippen LogP contribution in [0.3, 0.4) is 0 Å². The lowest BCUT2D eigenvalue weighted by Gasteiger charge is -2.62. The minimum atomic E-state index is -0.788. The fourth-order valence-electron chi connectivity index (χ4n) is 11.2. The van der Waals surface area contributed by atoms with E-state index in [2.05, 4.69) is 27.7 Å². The smallest absolute Gasteiger partial charge is 0.201 e. The van der Waals surface area contributed by atoms with Crippen LogP contribution in [0.25, 0.3) is 0 Å². The summed E-state index contributed by atoms with van der Waals surface area (Å²) in [5.74, 6) is 1.26. The average Bonchev–Trinajstić information content (AvgIpc) is 3.34. The first kappa shape index (κ1) is 29.1. The van der Waals surface area contributed by atoms with Crippen molar-refractivity contribution in [1.82, 2.24) is 0 Å². The molecule has 42 heavy (non-hydrogen) atoms. The van der Waals surface area contributed by atoms with E-state index in [-0.39, 0.29) is 36.1 Å². The molecule has 10 fully saturated rings. The van der Waals surface area contributed by atoms with Gasteiger partial charge < -0.3 is 23.7 Å². The number of methoxy groups -OCH3 is 1.